The lowest BCUT2D eigenvalue weighted by molar-refractivity contribution is -0.118. The number of nitrogens with zero attached hydrogens (tertiary/aromatic N) is 1. The number of ketones is 1. The Morgan fingerprint density at radius 3 is 2.56 bits per heavy atom. The van der Waals surface area contributed by atoms with Crippen molar-refractivity contribution in [3.63, 3.8) is 0 Å². The minimum Gasteiger partial charge on any atom is -0.490 e. The molecule has 9 heteroatoms. The number of hydrogen-bond acceptors (Lipinski definition) is 5. The Morgan fingerprint density at radius 2 is 1.90 bits per heavy atom. The van der Waals surface area contributed by atoms with Crippen LogP contribution in [0.4, 0.5) is 17.6 Å². The molecule has 5 nitrogen and oxygen atoms in total. The van der Waals surface area contributed by atoms with E-state index in [0.29, 0.717) is 5.92 Å². The molecule has 5 rings (SSSR count). The quantitative estimate of drug-likeness (QED) is 0.294. The third-order valence-corrected chi connectivity index (χ3v) is 7.50. The molecule has 0 spiro atoms. The van der Waals surface area contributed by atoms with Crippen molar-refractivity contribution in [1.29, 1.82) is 0 Å². The molecular formula is C30H29F4NO4. The number of rotatable bonds is 10. The third-order valence-electron chi connectivity index (χ3n) is 7.50. The molecule has 3 atom stereocenters. The summed E-state index contributed by atoms with van der Waals surface area (Å²) in [6.07, 6.45) is -0.273. The van der Waals surface area contributed by atoms with Gasteiger partial charge < -0.3 is 14.6 Å². The van der Waals surface area contributed by atoms with Gasteiger partial charge in [0.2, 0.25) is 5.88 Å². The van der Waals surface area contributed by atoms with Crippen LogP contribution in [-0.4, -0.2) is 28.1 Å². The normalized spacial score (nSPS) is 19.6. The predicted molar refractivity (Wildman–Crippen MR) is 136 cm³/mol. The Labute approximate surface area is 223 Å². The Bertz CT molecular complexity index is 1420. The number of fused-ring (bicyclic) bond motifs is 3. The summed E-state index contributed by atoms with van der Waals surface area (Å²) in [5, 5.41) is 9.79. The molecule has 2 aromatic carbocycles. The molecule has 39 heavy (non-hydrogen) atoms. The van der Waals surface area contributed by atoms with Crippen LogP contribution < -0.4 is 9.47 Å². The standard InChI is InChI=1S/C30H29F4NO4/c1-15(36)27-21-8-17-11-26(35-13-22(17)28(21)27)39-14-18-9-19(20(29(33)34)12-23(18)31)16-4-5-25(24(32)10-16)38-7-6-30(2,3)37/h4-5,9-13,21,27-29,37H,6-8,14H2,1-3H3/t21-,27-,28+/m0/s1. The summed E-state index contributed by atoms with van der Waals surface area (Å²) in [7, 11) is 0. The number of benzene rings is 2. The van der Waals surface area contributed by atoms with Crippen molar-refractivity contribution in [1.82, 2.24) is 4.98 Å². The average molecular weight is 544 g/mol. The highest BCUT2D eigenvalue weighted by Crippen LogP contribution is 2.61. The molecule has 3 aromatic rings. The molecule has 1 N–H and O–H groups in total. The van der Waals surface area contributed by atoms with Gasteiger partial charge in [0.25, 0.3) is 6.43 Å². The molecule has 0 bridgehead atoms. The first-order valence-corrected chi connectivity index (χ1v) is 12.8. The number of carbonyl (C=O) groups excluding carboxylic acids is 1. The first kappa shape index (κ1) is 27.1. The van der Waals surface area contributed by atoms with E-state index in [1.54, 1.807) is 33.0 Å². The van der Waals surface area contributed by atoms with Crippen molar-refractivity contribution in [3.8, 4) is 22.8 Å². The Kier molecular flexibility index (Phi) is 7.13. The van der Waals surface area contributed by atoms with Crippen molar-refractivity contribution in [2.45, 2.75) is 58.2 Å². The summed E-state index contributed by atoms with van der Waals surface area (Å²) in [6.45, 7) is 4.61. The van der Waals surface area contributed by atoms with E-state index in [9.17, 15) is 27.5 Å². The van der Waals surface area contributed by atoms with Crippen LogP contribution in [0.2, 0.25) is 0 Å². The van der Waals surface area contributed by atoms with Gasteiger partial charge in [0.1, 0.15) is 18.2 Å². The topological polar surface area (TPSA) is 68.7 Å². The molecule has 1 saturated carbocycles. The van der Waals surface area contributed by atoms with Crippen molar-refractivity contribution >= 4 is 5.78 Å². The second kappa shape index (κ2) is 10.3. The number of hydrogen-bond donors (Lipinski definition) is 1. The molecule has 206 valence electrons. The number of aromatic nitrogens is 1. The third kappa shape index (κ3) is 5.64. The molecule has 0 saturated heterocycles. The Morgan fingerprint density at radius 1 is 1.13 bits per heavy atom. The van der Waals surface area contributed by atoms with E-state index in [1.807, 2.05) is 0 Å². The van der Waals surface area contributed by atoms with Crippen LogP contribution in [-0.2, 0) is 17.8 Å². The molecule has 1 fully saturated rings. The summed E-state index contributed by atoms with van der Waals surface area (Å²) >= 11 is 0. The maximum Gasteiger partial charge on any atom is 0.264 e. The Balaban J connectivity index is 1.34. The second-order valence-corrected chi connectivity index (χ2v) is 10.9. The van der Waals surface area contributed by atoms with Gasteiger partial charge in [-0.2, -0.15) is 0 Å². The van der Waals surface area contributed by atoms with Gasteiger partial charge in [-0.15, -0.1) is 0 Å². The van der Waals surface area contributed by atoms with Gasteiger partial charge in [-0.3, -0.25) is 4.79 Å². The van der Waals surface area contributed by atoms with Crippen LogP contribution in [0.15, 0.2) is 42.6 Å². The fraction of sp³-hybridized carbons (Fsp3) is 0.400. The Hall–Kier alpha value is -3.46. The highest BCUT2D eigenvalue weighted by Gasteiger charge is 2.58. The number of halogens is 4. The zero-order chi connectivity index (χ0) is 28.1. The molecule has 1 aromatic heterocycles. The van der Waals surface area contributed by atoms with E-state index in [-0.39, 0.29) is 65.6 Å². The fourth-order valence-electron chi connectivity index (χ4n) is 5.42. The van der Waals surface area contributed by atoms with Crippen molar-refractivity contribution < 1.29 is 36.9 Å². The van der Waals surface area contributed by atoms with Crippen LogP contribution in [0.5, 0.6) is 11.6 Å². The van der Waals surface area contributed by atoms with Gasteiger partial charge in [0, 0.05) is 35.7 Å². The van der Waals surface area contributed by atoms with E-state index < -0.39 is 29.2 Å². The molecule has 2 aliphatic rings. The van der Waals surface area contributed by atoms with Crippen LogP contribution >= 0.6 is 0 Å². The summed E-state index contributed by atoms with van der Waals surface area (Å²) in [5.41, 5.74) is 0.656. The lowest BCUT2D eigenvalue weighted by Crippen LogP contribution is -2.21. The number of pyridine rings is 1. The molecule has 0 radical (unpaired) electrons. The van der Waals surface area contributed by atoms with Gasteiger partial charge in [0.05, 0.1) is 12.2 Å². The van der Waals surface area contributed by atoms with Crippen LogP contribution in [0.1, 0.15) is 61.8 Å². The average Bonchev–Trinajstić information content (AvgIpc) is 3.45. The lowest BCUT2D eigenvalue weighted by atomic mass is 9.96. The van der Waals surface area contributed by atoms with Crippen molar-refractivity contribution in [2.75, 3.05) is 6.61 Å². The van der Waals surface area contributed by atoms with Crippen LogP contribution in [0.25, 0.3) is 11.1 Å². The van der Waals surface area contributed by atoms with E-state index in [1.165, 1.54) is 18.2 Å². The van der Waals surface area contributed by atoms with E-state index in [0.717, 1.165) is 29.7 Å². The predicted octanol–water partition coefficient (Wildman–Crippen LogP) is 6.56. The van der Waals surface area contributed by atoms with E-state index >= 15 is 0 Å². The minimum atomic E-state index is -2.99. The van der Waals surface area contributed by atoms with E-state index in [4.69, 9.17) is 9.47 Å². The van der Waals surface area contributed by atoms with E-state index in [2.05, 4.69) is 4.98 Å². The number of aliphatic hydroxyl groups is 1. The second-order valence-electron chi connectivity index (χ2n) is 10.9. The molecule has 0 unspecified atom stereocenters. The zero-order valence-corrected chi connectivity index (χ0v) is 21.8. The van der Waals surface area contributed by atoms with Crippen LogP contribution in [0, 0.1) is 23.5 Å². The van der Waals surface area contributed by atoms with Gasteiger partial charge in [-0.25, -0.2) is 22.5 Å². The van der Waals surface area contributed by atoms with Crippen LogP contribution in [0.3, 0.4) is 0 Å². The monoisotopic (exact) mass is 543 g/mol. The summed E-state index contributed by atoms with van der Waals surface area (Å²) in [6, 6.07) is 7.56. The van der Waals surface area contributed by atoms with Gasteiger partial charge in [-0.05, 0) is 85.5 Å². The number of ether oxygens (including phenoxy) is 2. The highest BCUT2D eigenvalue weighted by atomic mass is 19.3. The first-order valence-electron chi connectivity index (χ1n) is 12.8. The molecule has 0 amide bonds. The summed E-state index contributed by atoms with van der Waals surface area (Å²) < 4.78 is 68.2. The molecule has 0 aliphatic heterocycles. The largest absolute Gasteiger partial charge is 0.490 e. The molecule has 1 heterocycles. The highest BCUT2D eigenvalue weighted by molar-refractivity contribution is 5.84. The van der Waals surface area contributed by atoms with Crippen molar-refractivity contribution in [2.24, 2.45) is 11.8 Å². The van der Waals surface area contributed by atoms with Gasteiger partial charge >= 0.3 is 0 Å². The number of carbonyl (C=O) groups is 1. The molecular weight excluding hydrogens is 514 g/mol. The fourth-order valence-corrected chi connectivity index (χ4v) is 5.42. The smallest absolute Gasteiger partial charge is 0.264 e. The number of alkyl halides is 2. The summed E-state index contributed by atoms with van der Waals surface area (Å²) in [5.74, 6) is -0.693. The zero-order valence-electron chi connectivity index (χ0n) is 21.8. The van der Waals surface area contributed by atoms with Gasteiger partial charge in [0.15, 0.2) is 11.6 Å². The molecule has 2 aliphatic carbocycles. The number of Topliss-reactive ketones (excluding diaryl/α,β-unsaturated/α-hetero) is 1. The maximum atomic E-state index is 14.8. The first-order chi connectivity index (χ1) is 18.4. The van der Waals surface area contributed by atoms with Crippen molar-refractivity contribution in [3.05, 3.63) is 76.5 Å². The SMILES string of the molecule is CC(=O)[C@H]1[C@@H]2Cc3cc(OCc4cc(-c5ccc(OCCC(C)(C)O)c(F)c5)c(C(F)F)cc4F)ncc3[C@@H]21. The van der Waals surface area contributed by atoms with Gasteiger partial charge in [-0.1, -0.05) is 6.07 Å². The lowest BCUT2D eigenvalue weighted by Gasteiger charge is -2.18. The summed E-state index contributed by atoms with van der Waals surface area (Å²) in [4.78, 5) is 16.0. The minimum absolute atomic E-state index is 0.0158. The maximum absolute atomic E-state index is 14.8.